The molecule has 0 saturated carbocycles. The lowest BCUT2D eigenvalue weighted by atomic mass is 10.1. The van der Waals surface area contributed by atoms with Crippen molar-refractivity contribution < 1.29 is 27.8 Å². The van der Waals surface area contributed by atoms with Crippen LogP contribution in [0.5, 0.6) is 17.4 Å². The molecule has 0 aliphatic rings. The van der Waals surface area contributed by atoms with Gasteiger partial charge in [0.1, 0.15) is 35.0 Å². The van der Waals surface area contributed by atoms with Gasteiger partial charge in [-0.2, -0.15) is 0 Å². The van der Waals surface area contributed by atoms with Gasteiger partial charge in [-0.3, -0.25) is 4.98 Å². The number of carbonyl (C=O) groups excluding carboxylic acids is 1. The Morgan fingerprint density at radius 3 is 2.81 bits per heavy atom. The molecule has 1 amide bonds. The Morgan fingerprint density at radius 1 is 1.05 bits per heavy atom. The monoisotopic (exact) mass is 501 g/mol. The van der Waals surface area contributed by atoms with Crippen molar-refractivity contribution in [1.29, 1.82) is 0 Å². The van der Waals surface area contributed by atoms with Crippen molar-refractivity contribution >= 4 is 28.0 Å². The van der Waals surface area contributed by atoms with E-state index in [1.54, 1.807) is 30.5 Å². The summed E-state index contributed by atoms with van der Waals surface area (Å²) >= 11 is 0. The molecule has 0 fully saturated rings. The van der Waals surface area contributed by atoms with Crippen LogP contribution in [0.4, 0.5) is 4.79 Å². The Morgan fingerprint density at radius 2 is 1.97 bits per heavy atom. The van der Waals surface area contributed by atoms with Gasteiger partial charge in [-0.1, -0.05) is 12.1 Å². The quantitative estimate of drug-likeness (QED) is 0.228. The average Bonchev–Trinajstić information content (AvgIpc) is 3.44. The number of carbonyl (C=O) groups is 1. The number of benzene rings is 2. The molecule has 3 N–H and O–H groups in total. The van der Waals surface area contributed by atoms with Crippen LogP contribution < -0.4 is 25.3 Å². The molecule has 5 aromatic rings. The predicted molar refractivity (Wildman–Crippen MR) is 138 cm³/mol. The van der Waals surface area contributed by atoms with Gasteiger partial charge in [0.25, 0.3) is 5.95 Å². The number of nitrogens with zero attached hydrogens (tertiary/aromatic N) is 1. The second kappa shape index (κ2) is 11.0. The maximum atomic E-state index is 10.9. The molecule has 3 aromatic heterocycles. The van der Waals surface area contributed by atoms with Crippen molar-refractivity contribution in [2.24, 2.45) is 5.73 Å². The maximum Gasteiger partial charge on any atom is 0.412 e. The third-order valence-electron chi connectivity index (χ3n) is 5.86. The first kappa shape index (κ1) is 24.2. The molecule has 0 saturated heterocycles. The van der Waals surface area contributed by atoms with E-state index in [0.29, 0.717) is 23.7 Å². The standard InChI is InChI=1S/C28H27N3O6/c1-18-25(17-34-21-8-9-22-20(13-21)14-26(36-22)37-28(29)32)35-24-7-2-6-23(27(18)24)33-12-4-11-31-16-19-5-3-10-30-15-19/h2-3,5-10,13-15,31H,4,11-12,16-17H2,1H3,(H2,29,32). The SMILES string of the molecule is Cc1c(COc2ccc3oc(OC(N)=O)cc3c2)oc2cccc(OCCCNCc3cccnc3)c12. The smallest absolute Gasteiger partial charge is 0.412 e. The number of aromatic nitrogens is 1. The van der Waals surface area contributed by atoms with Gasteiger partial charge in [0.15, 0.2) is 0 Å². The lowest BCUT2D eigenvalue weighted by molar-refractivity contribution is 0.199. The van der Waals surface area contributed by atoms with Crippen LogP contribution in [-0.4, -0.2) is 24.2 Å². The van der Waals surface area contributed by atoms with Crippen LogP contribution in [0.15, 0.2) is 75.8 Å². The van der Waals surface area contributed by atoms with Crippen molar-refractivity contribution in [3.63, 3.8) is 0 Å². The number of hydrogen-bond acceptors (Lipinski definition) is 8. The molecule has 37 heavy (non-hydrogen) atoms. The van der Waals surface area contributed by atoms with Gasteiger partial charge < -0.3 is 34.1 Å². The number of nitrogens with two attached hydrogens (primary N) is 1. The Labute approximate surface area is 213 Å². The normalized spacial score (nSPS) is 11.2. The first-order valence-electron chi connectivity index (χ1n) is 11.9. The van der Waals surface area contributed by atoms with Crippen molar-refractivity contribution in [3.05, 3.63) is 83.9 Å². The maximum absolute atomic E-state index is 10.9. The predicted octanol–water partition coefficient (Wildman–Crippen LogP) is 5.48. The number of hydrogen-bond donors (Lipinski definition) is 2. The van der Waals surface area contributed by atoms with Crippen LogP contribution in [0.3, 0.4) is 0 Å². The number of rotatable bonds is 11. The lowest BCUT2D eigenvalue weighted by Crippen LogP contribution is -2.17. The van der Waals surface area contributed by atoms with E-state index in [-0.39, 0.29) is 12.6 Å². The Hall–Kier alpha value is -4.50. The highest BCUT2D eigenvalue weighted by molar-refractivity contribution is 5.88. The zero-order valence-electron chi connectivity index (χ0n) is 20.4. The fourth-order valence-electron chi connectivity index (χ4n) is 4.07. The highest BCUT2D eigenvalue weighted by Crippen LogP contribution is 2.34. The first-order valence-corrected chi connectivity index (χ1v) is 11.9. The van der Waals surface area contributed by atoms with Crippen LogP contribution in [0, 0.1) is 6.92 Å². The molecule has 5 rings (SSSR count). The molecule has 0 bridgehead atoms. The summed E-state index contributed by atoms with van der Waals surface area (Å²) in [4.78, 5) is 15.1. The Bertz CT molecular complexity index is 1510. The molecule has 190 valence electrons. The van der Waals surface area contributed by atoms with Crippen molar-refractivity contribution in [3.8, 4) is 17.4 Å². The van der Waals surface area contributed by atoms with Gasteiger partial charge in [-0.15, -0.1) is 0 Å². The number of fused-ring (bicyclic) bond motifs is 2. The van der Waals surface area contributed by atoms with E-state index in [0.717, 1.165) is 52.7 Å². The van der Waals surface area contributed by atoms with E-state index in [9.17, 15) is 4.79 Å². The van der Waals surface area contributed by atoms with E-state index in [4.69, 9.17) is 28.8 Å². The van der Waals surface area contributed by atoms with E-state index in [1.807, 2.05) is 43.5 Å². The molecule has 9 heteroatoms. The molecular formula is C28H27N3O6. The molecule has 0 unspecified atom stereocenters. The second-order valence-electron chi connectivity index (χ2n) is 8.49. The second-order valence-corrected chi connectivity index (χ2v) is 8.49. The topological polar surface area (TPSA) is 122 Å². The zero-order valence-corrected chi connectivity index (χ0v) is 20.4. The fourth-order valence-corrected chi connectivity index (χ4v) is 4.07. The Balaban J connectivity index is 1.18. The third-order valence-corrected chi connectivity index (χ3v) is 5.86. The summed E-state index contributed by atoms with van der Waals surface area (Å²) in [7, 11) is 0. The van der Waals surface area contributed by atoms with Crippen molar-refractivity contribution in [2.45, 2.75) is 26.5 Å². The minimum atomic E-state index is -0.934. The Kier molecular flexibility index (Phi) is 7.23. The van der Waals surface area contributed by atoms with Crippen molar-refractivity contribution in [1.82, 2.24) is 10.3 Å². The summed E-state index contributed by atoms with van der Waals surface area (Å²) in [6.07, 6.45) is 3.57. The molecular weight excluding hydrogens is 474 g/mol. The van der Waals surface area contributed by atoms with E-state index in [1.165, 1.54) is 0 Å². The van der Waals surface area contributed by atoms with E-state index < -0.39 is 6.09 Å². The van der Waals surface area contributed by atoms with Crippen LogP contribution in [0.2, 0.25) is 0 Å². The summed E-state index contributed by atoms with van der Waals surface area (Å²) in [5, 5.41) is 5.08. The zero-order chi connectivity index (χ0) is 25.6. The molecule has 0 aliphatic heterocycles. The lowest BCUT2D eigenvalue weighted by Gasteiger charge is -2.09. The third kappa shape index (κ3) is 5.84. The highest BCUT2D eigenvalue weighted by Gasteiger charge is 2.16. The molecule has 3 heterocycles. The van der Waals surface area contributed by atoms with E-state index >= 15 is 0 Å². The number of amides is 1. The van der Waals surface area contributed by atoms with Gasteiger partial charge in [-0.25, -0.2) is 4.79 Å². The summed E-state index contributed by atoms with van der Waals surface area (Å²) in [5.41, 5.74) is 8.48. The molecule has 0 radical (unpaired) electrons. The number of aryl methyl sites for hydroxylation is 1. The first-order chi connectivity index (χ1) is 18.1. The van der Waals surface area contributed by atoms with Gasteiger partial charge in [0.05, 0.1) is 12.0 Å². The van der Waals surface area contributed by atoms with Crippen molar-refractivity contribution in [2.75, 3.05) is 13.2 Å². The summed E-state index contributed by atoms with van der Waals surface area (Å²) < 4.78 is 28.4. The van der Waals surface area contributed by atoms with Gasteiger partial charge in [-0.05, 0) is 61.9 Å². The number of ether oxygens (including phenoxy) is 3. The summed E-state index contributed by atoms with van der Waals surface area (Å²) in [5.74, 6) is 2.16. The largest absolute Gasteiger partial charge is 0.493 e. The van der Waals surface area contributed by atoms with Gasteiger partial charge in [0.2, 0.25) is 0 Å². The summed E-state index contributed by atoms with van der Waals surface area (Å²) in [6.45, 7) is 4.45. The molecule has 0 atom stereocenters. The minimum Gasteiger partial charge on any atom is -0.493 e. The average molecular weight is 502 g/mol. The number of pyridine rings is 1. The number of furan rings is 2. The summed E-state index contributed by atoms with van der Waals surface area (Å²) in [6, 6.07) is 16.7. The highest BCUT2D eigenvalue weighted by atomic mass is 16.6. The molecule has 9 nitrogen and oxygen atoms in total. The van der Waals surface area contributed by atoms with Gasteiger partial charge in [0, 0.05) is 36.0 Å². The van der Waals surface area contributed by atoms with E-state index in [2.05, 4.69) is 10.3 Å². The minimum absolute atomic E-state index is 0.0320. The fraction of sp³-hybridized carbons (Fsp3) is 0.214. The van der Waals surface area contributed by atoms with Crippen LogP contribution >= 0.6 is 0 Å². The van der Waals surface area contributed by atoms with Crippen LogP contribution in [-0.2, 0) is 13.2 Å². The molecule has 2 aromatic carbocycles. The molecule has 0 aliphatic carbocycles. The molecule has 0 spiro atoms. The van der Waals surface area contributed by atoms with Gasteiger partial charge >= 0.3 is 6.09 Å². The number of primary amides is 1. The van der Waals surface area contributed by atoms with Crippen LogP contribution in [0.25, 0.3) is 21.9 Å². The number of nitrogens with one attached hydrogen (secondary N) is 1. The van der Waals surface area contributed by atoms with Crippen LogP contribution in [0.1, 0.15) is 23.3 Å².